The van der Waals surface area contributed by atoms with E-state index in [4.69, 9.17) is 11.0 Å². The van der Waals surface area contributed by atoms with Gasteiger partial charge < -0.3 is 5.73 Å². The van der Waals surface area contributed by atoms with E-state index < -0.39 is 0 Å². The number of aryl methyl sites for hydroxylation is 1. The summed E-state index contributed by atoms with van der Waals surface area (Å²) in [6.07, 6.45) is 4.21. The van der Waals surface area contributed by atoms with Gasteiger partial charge in [0.1, 0.15) is 5.82 Å². The van der Waals surface area contributed by atoms with Crippen LogP contribution in [0.2, 0.25) is 0 Å². The van der Waals surface area contributed by atoms with Crippen molar-refractivity contribution in [3.05, 3.63) is 11.8 Å². The molecular formula is C9H14N4. The molecule has 0 radical (unpaired) electrons. The van der Waals surface area contributed by atoms with Crippen LogP contribution in [0.1, 0.15) is 25.3 Å². The molecule has 4 nitrogen and oxygen atoms in total. The molecule has 0 aromatic carbocycles. The minimum atomic E-state index is 0.345. The van der Waals surface area contributed by atoms with Gasteiger partial charge in [0.25, 0.3) is 0 Å². The molecule has 1 heterocycles. The largest absolute Gasteiger partial charge is 0.384 e. The molecule has 2 N–H and O–H groups in total. The lowest BCUT2D eigenvalue weighted by molar-refractivity contribution is 0.579. The highest BCUT2D eigenvalue weighted by Gasteiger charge is 2.05. The van der Waals surface area contributed by atoms with Crippen molar-refractivity contribution in [3.63, 3.8) is 0 Å². The minimum Gasteiger partial charge on any atom is -0.384 e. The molecule has 4 heteroatoms. The molecule has 0 atom stereocenters. The first-order valence-electron chi connectivity index (χ1n) is 4.46. The van der Waals surface area contributed by atoms with E-state index >= 15 is 0 Å². The second-order valence-electron chi connectivity index (χ2n) is 2.97. The van der Waals surface area contributed by atoms with Crippen LogP contribution in [-0.4, -0.2) is 9.78 Å². The summed E-state index contributed by atoms with van der Waals surface area (Å²) in [7, 11) is 0. The van der Waals surface area contributed by atoms with Crippen molar-refractivity contribution in [3.8, 4) is 6.07 Å². The summed E-state index contributed by atoms with van der Waals surface area (Å²) in [6, 6.07) is 2.06. The van der Waals surface area contributed by atoms with Gasteiger partial charge in [0, 0.05) is 12.1 Å². The predicted molar refractivity (Wildman–Crippen MR) is 50.9 cm³/mol. The van der Waals surface area contributed by atoms with Crippen molar-refractivity contribution in [1.29, 1.82) is 5.26 Å². The van der Waals surface area contributed by atoms with Crippen molar-refractivity contribution in [2.24, 2.45) is 0 Å². The van der Waals surface area contributed by atoms with E-state index in [1.165, 1.54) is 0 Å². The maximum Gasteiger partial charge on any atom is 0.125 e. The van der Waals surface area contributed by atoms with Crippen LogP contribution < -0.4 is 5.73 Å². The summed E-state index contributed by atoms with van der Waals surface area (Å²) >= 11 is 0. The predicted octanol–water partition coefficient (Wildman–Crippen LogP) is 1.33. The Balaban J connectivity index is 2.69. The zero-order valence-corrected chi connectivity index (χ0v) is 7.82. The van der Waals surface area contributed by atoms with Gasteiger partial charge in [-0.3, -0.25) is 0 Å². The molecule has 13 heavy (non-hydrogen) atoms. The Morgan fingerprint density at radius 1 is 1.69 bits per heavy atom. The topological polar surface area (TPSA) is 67.6 Å². The van der Waals surface area contributed by atoms with Gasteiger partial charge >= 0.3 is 0 Å². The molecule has 0 saturated heterocycles. The SMILES string of the molecule is CCCCn1ncc(CC#N)c1N. The first kappa shape index (κ1) is 9.59. The molecule has 0 amide bonds. The summed E-state index contributed by atoms with van der Waals surface area (Å²) in [5, 5.41) is 12.6. The number of nitrogens with zero attached hydrogens (tertiary/aromatic N) is 3. The molecule has 0 spiro atoms. The third-order valence-corrected chi connectivity index (χ3v) is 1.95. The van der Waals surface area contributed by atoms with Crippen LogP contribution in [0.3, 0.4) is 0 Å². The third kappa shape index (κ3) is 2.22. The van der Waals surface area contributed by atoms with Crippen molar-refractivity contribution in [1.82, 2.24) is 9.78 Å². The molecule has 0 unspecified atom stereocenters. The average Bonchev–Trinajstić information content (AvgIpc) is 2.46. The van der Waals surface area contributed by atoms with Crippen LogP contribution >= 0.6 is 0 Å². The van der Waals surface area contributed by atoms with E-state index in [0.717, 1.165) is 24.9 Å². The van der Waals surface area contributed by atoms with Gasteiger partial charge in [-0.15, -0.1) is 0 Å². The van der Waals surface area contributed by atoms with Crippen molar-refractivity contribution in [2.45, 2.75) is 32.7 Å². The fraction of sp³-hybridized carbons (Fsp3) is 0.556. The fourth-order valence-electron chi connectivity index (χ4n) is 1.14. The van der Waals surface area contributed by atoms with Crippen LogP contribution in [0, 0.1) is 11.3 Å². The standard InChI is InChI=1S/C9H14N4/c1-2-3-6-13-9(11)8(4-5-10)7-12-13/h7H,2-4,6,11H2,1H3. The molecule has 1 aromatic rings. The first-order valence-corrected chi connectivity index (χ1v) is 4.46. The number of hydrogen-bond acceptors (Lipinski definition) is 3. The number of nitrogen functional groups attached to an aromatic ring is 1. The number of nitrogens with two attached hydrogens (primary N) is 1. The molecule has 1 rings (SSSR count). The lowest BCUT2D eigenvalue weighted by Crippen LogP contribution is -2.05. The van der Waals surface area contributed by atoms with Gasteiger partial charge in [-0.05, 0) is 6.42 Å². The van der Waals surface area contributed by atoms with Crippen LogP contribution in [-0.2, 0) is 13.0 Å². The Hall–Kier alpha value is -1.50. The molecule has 0 saturated carbocycles. The summed E-state index contributed by atoms with van der Waals surface area (Å²) in [5.74, 6) is 0.634. The number of hydrogen-bond donors (Lipinski definition) is 1. The van der Waals surface area contributed by atoms with E-state index in [2.05, 4.69) is 18.1 Å². The summed E-state index contributed by atoms with van der Waals surface area (Å²) < 4.78 is 1.76. The maximum atomic E-state index is 8.49. The molecule has 70 valence electrons. The molecule has 0 aliphatic heterocycles. The van der Waals surface area contributed by atoms with Crippen molar-refractivity contribution < 1.29 is 0 Å². The van der Waals surface area contributed by atoms with E-state index in [-0.39, 0.29) is 0 Å². The van der Waals surface area contributed by atoms with Gasteiger partial charge in [-0.1, -0.05) is 13.3 Å². The molecular weight excluding hydrogens is 164 g/mol. The van der Waals surface area contributed by atoms with Crippen LogP contribution in [0.4, 0.5) is 5.82 Å². The Labute approximate surface area is 78.0 Å². The zero-order chi connectivity index (χ0) is 9.68. The van der Waals surface area contributed by atoms with E-state index in [9.17, 15) is 0 Å². The average molecular weight is 178 g/mol. The minimum absolute atomic E-state index is 0.345. The molecule has 0 fully saturated rings. The highest BCUT2D eigenvalue weighted by atomic mass is 15.3. The van der Waals surface area contributed by atoms with Gasteiger partial charge in [0.15, 0.2) is 0 Å². The normalized spacial score (nSPS) is 9.85. The fourth-order valence-corrected chi connectivity index (χ4v) is 1.14. The van der Waals surface area contributed by atoms with Crippen molar-refractivity contribution in [2.75, 3.05) is 5.73 Å². The smallest absolute Gasteiger partial charge is 0.125 e. The van der Waals surface area contributed by atoms with Gasteiger partial charge in [0.2, 0.25) is 0 Å². The lowest BCUT2D eigenvalue weighted by atomic mass is 10.2. The molecule has 0 bridgehead atoms. The maximum absolute atomic E-state index is 8.49. The number of nitriles is 1. The van der Waals surface area contributed by atoms with Crippen LogP contribution in [0.5, 0.6) is 0 Å². The number of anilines is 1. The van der Waals surface area contributed by atoms with Crippen LogP contribution in [0.25, 0.3) is 0 Å². The number of unbranched alkanes of at least 4 members (excludes halogenated alkanes) is 1. The first-order chi connectivity index (χ1) is 6.29. The summed E-state index contributed by atoms with van der Waals surface area (Å²) in [6.45, 7) is 2.96. The molecule has 1 aromatic heterocycles. The number of rotatable bonds is 4. The zero-order valence-electron chi connectivity index (χ0n) is 7.82. The Bertz CT molecular complexity index is 308. The molecule has 0 aliphatic carbocycles. The van der Waals surface area contributed by atoms with E-state index in [1.54, 1.807) is 10.9 Å². The number of aromatic nitrogens is 2. The van der Waals surface area contributed by atoms with Gasteiger partial charge in [-0.25, -0.2) is 4.68 Å². The summed E-state index contributed by atoms with van der Waals surface area (Å²) in [5.41, 5.74) is 6.61. The molecule has 0 aliphatic rings. The van der Waals surface area contributed by atoms with Crippen molar-refractivity contribution >= 4 is 5.82 Å². The van der Waals surface area contributed by atoms with Gasteiger partial charge in [0.05, 0.1) is 18.7 Å². The van der Waals surface area contributed by atoms with E-state index in [1.807, 2.05) is 0 Å². The monoisotopic (exact) mass is 178 g/mol. The second kappa shape index (κ2) is 4.51. The quantitative estimate of drug-likeness (QED) is 0.756. The van der Waals surface area contributed by atoms with Crippen LogP contribution in [0.15, 0.2) is 6.20 Å². The highest BCUT2D eigenvalue weighted by molar-refractivity contribution is 5.40. The van der Waals surface area contributed by atoms with Gasteiger partial charge in [-0.2, -0.15) is 10.4 Å². The Kier molecular flexibility index (Phi) is 3.32. The third-order valence-electron chi connectivity index (χ3n) is 1.95. The van der Waals surface area contributed by atoms with E-state index in [0.29, 0.717) is 12.2 Å². The Morgan fingerprint density at radius 2 is 2.46 bits per heavy atom. The lowest BCUT2D eigenvalue weighted by Gasteiger charge is -2.02. The Morgan fingerprint density at radius 3 is 3.08 bits per heavy atom. The highest BCUT2D eigenvalue weighted by Crippen LogP contribution is 2.11. The second-order valence-corrected chi connectivity index (χ2v) is 2.97. The summed E-state index contributed by atoms with van der Waals surface area (Å²) in [4.78, 5) is 0.